The highest BCUT2D eigenvalue weighted by Crippen LogP contribution is 2.11. The molecule has 98 valence electrons. The summed E-state index contributed by atoms with van der Waals surface area (Å²) in [4.78, 5) is 10.9. The second kappa shape index (κ2) is 8.11. The molecule has 0 atom stereocenters. The summed E-state index contributed by atoms with van der Waals surface area (Å²) in [5.41, 5.74) is 3.13. The van der Waals surface area contributed by atoms with Crippen molar-refractivity contribution in [2.75, 3.05) is 13.2 Å². The van der Waals surface area contributed by atoms with Gasteiger partial charge < -0.3 is 9.47 Å². The van der Waals surface area contributed by atoms with E-state index in [1.165, 1.54) is 0 Å². The second-order valence-electron chi connectivity index (χ2n) is 3.51. The molecular formula is C13H18N2O3. The third kappa shape index (κ3) is 5.34. The fraction of sp³-hybridized carbons (Fsp3) is 0.385. The zero-order chi connectivity index (χ0) is 13.2. The molecule has 0 spiro atoms. The van der Waals surface area contributed by atoms with Crippen LogP contribution in [-0.4, -0.2) is 25.5 Å². The number of nitrogens with zero attached hydrogens (tertiary/aromatic N) is 1. The Kier molecular flexibility index (Phi) is 6.32. The van der Waals surface area contributed by atoms with Gasteiger partial charge in [0, 0.05) is 0 Å². The normalized spacial score (nSPS) is 10.3. The summed E-state index contributed by atoms with van der Waals surface area (Å²) >= 11 is 0. The van der Waals surface area contributed by atoms with Crippen molar-refractivity contribution < 1.29 is 14.3 Å². The van der Waals surface area contributed by atoms with Crippen molar-refractivity contribution in [3.05, 3.63) is 29.8 Å². The van der Waals surface area contributed by atoms with Gasteiger partial charge in [0.25, 0.3) is 0 Å². The smallest absolute Gasteiger partial charge is 0.427 e. The molecule has 0 aliphatic carbocycles. The molecule has 0 saturated carbocycles. The van der Waals surface area contributed by atoms with E-state index >= 15 is 0 Å². The summed E-state index contributed by atoms with van der Waals surface area (Å²) in [5, 5.41) is 3.76. The lowest BCUT2D eigenvalue weighted by Crippen LogP contribution is -2.18. The first kappa shape index (κ1) is 14.0. The van der Waals surface area contributed by atoms with E-state index in [-0.39, 0.29) is 0 Å². The Labute approximate surface area is 107 Å². The summed E-state index contributed by atoms with van der Waals surface area (Å²) in [6.45, 7) is 4.82. The van der Waals surface area contributed by atoms with Gasteiger partial charge in [-0.15, -0.1) is 0 Å². The van der Waals surface area contributed by atoms with Crippen LogP contribution in [0, 0.1) is 0 Å². The monoisotopic (exact) mass is 250 g/mol. The van der Waals surface area contributed by atoms with Gasteiger partial charge in [-0.25, -0.2) is 10.2 Å². The molecule has 0 aromatic heterocycles. The number of carbonyl (C=O) groups excluding carboxylic acids is 1. The molecule has 0 aliphatic rings. The van der Waals surface area contributed by atoms with Gasteiger partial charge in [0.15, 0.2) is 0 Å². The van der Waals surface area contributed by atoms with E-state index in [1.807, 2.05) is 24.3 Å². The number of hydrogen-bond donors (Lipinski definition) is 1. The maximum Gasteiger partial charge on any atom is 0.427 e. The molecule has 0 fully saturated rings. The number of benzene rings is 1. The van der Waals surface area contributed by atoms with Crippen LogP contribution in [0.1, 0.15) is 25.8 Å². The quantitative estimate of drug-likeness (QED) is 0.623. The Hall–Kier alpha value is -2.04. The maximum atomic E-state index is 10.9. The number of rotatable bonds is 6. The minimum atomic E-state index is -0.559. The molecule has 5 nitrogen and oxygen atoms in total. The molecule has 1 N–H and O–H groups in total. The Bertz CT molecular complexity index is 388. The lowest BCUT2D eigenvalue weighted by molar-refractivity contribution is 0.152. The van der Waals surface area contributed by atoms with Crippen LogP contribution in [0.25, 0.3) is 0 Å². The molecule has 0 heterocycles. The zero-order valence-corrected chi connectivity index (χ0v) is 10.7. The van der Waals surface area contributed by atoms with E-state index in [1.54, 1.807) is 13.1 Å². The Morgan fingerprint density at radius 2 is 2.06 bits per heavy atom. The molecular weight excluding hydrogens is 232 g/mol. The third-order valence-corrected chi connectivity index (χ3v) is 2.00. The van der Waals surface area contributed by atoms with Crippen molar-refractivity contribution >= 4 is 12.3 Å². The molecule has 0 aliphatic heterocycles. The summed E-state index contributed by atoms with van der Waals surface area (Å²) in [7, 11) is 0. The Morgan fingerprint density at radius 1 is 1.33 bits per heavy atom. The van der Waals surface area contributed by atoms with Crippen molar-refractivity contribution in [3.63, 3.8) is 0 Å². The van der Waals surface area contributed by atoms with E-state index < -0.39 is 6.09 Å². The Morgan fingerprint density at radius 3 is 2.67 bits per heavy atom. The van der Waals surface area contributed by atoms with Crippen LogP contribution in [0.5, 0.6) is 5.75 Å². The van der Waals surface area contributed by atoms with Gasteiger partial charge in [-0.1, -0.05) is 6.92 Å². The largest absolute Gasteiger partial charge is 0.494 e. The second-order valence-corrected chi connectivity index (χ2v) is 3.51. The molecule has 5 heteroatoms. The molecule has 1 amide bonds. The van der Waals surface area contributed by atoms with Crippen molar-refractivity contribution in [2.45, 2.75) is 20.3 Å². The van der Waals surface area contributed by atoms with Crippen molar-refractivity contribution in [3.8, 4) is 5.75 Å². The van der Waals surface area contributed by atoms with Crippen LogP contribution in [0.2, 0.25) is 0 Å². The summed E-state index contributed by atoms with van der Waals surface area (Å²) in [6, 6.07) is 7.45. The van der Waals surface area contributed by atoms with E-state index in [2.05, 4.69) is 22.2 Å². The minimum absolute atomic E-state index is 0.324. The molecule has 0 saturated heterocycles. The van der Waals surface area contributed by atoms with Crippen LogP contribution >= 0.6 is 0 Å². The van der Waals surface area contributed by atoms with E-state index in [4.69, 9.17) is 4.74 Å². The number of hydrogen-bond acceptors (Lipinski definition) is 4. The minimum Gasteiger partial charge on any atom is -0.494 e. The van der Waals surface area contributed by atoms with E-state index in [0.717, 1.165) is 17.7 Å². The Balaban J connectivity index is 2.43. The molecule has 1 aromatic rings. The van der Waals surface area contributed by atoms with Crippen molar-refractivity contribution in [1.82, 2.24) is 5.43 Å². The molecule has 1 rings (SSSR count). The zero-order valence-electron chi connectivity index (χ0n) is 10.7. The van der Waals surface area contributed by atoms with Crippen LogP contribution in [0.3, 0.4) is 0 Å². The van der Waals surface area contributed by atoms with E-state index in [0.29, 0.717) is 13.2 Å². The fourth-order valence-electron chi connectivity index (χ4n) is 1.19. The predicted molar refractivity (Wildman–Crippen MR) is 70.0 cm³/mol. The lowest BCUT2D eigenvalue weighted by atomic mass is 10.2. The van der Waals surface area contributed by atoms with Crippen LogP contribution in [0.4, 0.5) is 4.79 Å². The van der Waals surface area contributed by atoms with Crippen LogP contribution in [-0.2, 0) is 4.74 Å². The standard InChI is InChI=1S/C13H18N2O3/c1-3-9-18-12-7-5-11(6-8-12)10-14-15-13(16)17-4-2/h5-8,10H,3-4,9H2,1-2H3,(H,15,16)/b14-10-. The molecule has 0 bridgehead atoms. The van der Waals surface area contributed by atoms with E-state index in [9.17, 15) is 4.79 Å². The van der Waals surface area contributed by atoms with Crippen molar-refractivity contribution in [1.29, 1.82) is 0 Å². The highest BCUT2D eigenvalue weighted by molar-refractivity contribution is 5.80. The number of hydrazone groups is 1. The maximum absolute atomic E-state index is 10.9. The van der Waals surface area contributed by atoms with Gasteiger partial charge in [0.2, 0.25) is 0 Å². The van der Waals surface area contributed by atoms with Gasteiger partial charge in [-0.2, -0.15) is 5.10 Å². The highest BCUT2D eigenvalue weighted by atomic mass is 16.5. The third-order valence-electron chi connectivity index (χ3n) is 2.00. The number of amides is 1. The SMILES string of the molecule is CCCOc1ccc(/C=N\NC(=O)OCC)cc1. The highest BCUT2D eigenvalue weighted by Gasteiger charge is 1.96. The molecule has 0 radical (unpaired) electrons. The first-order chi connectivity index (χ1) is 8.76. The fourth-order valence-corrected chi connectivity index (χ4v) is 1.19. The topological polar surface area (TPSA) is 59.9 Å². The number of carbonyl (C=O) groups is 1. The number of ether oxygens (including phenoxy) is 2. The van der Waals surface area contributed by atoms with Gasteiger partial charge >= 0.3 is 6.09 Å². The molecule has 0 unspecified atom stereocenters. The number of nitrogens with one attached hydrogen (secondary N) is 1. The average molecular weight is 250 g/mol. The predicted octanol–water partition coefficient (Wildman–Crippen LogP) is 2.56. The van der Waals surface area contributed by atoms with Gasteiger partial charge in [0.05, 0.1) is 19.4 Å². The van der Waals surface area contributed by atoms with Crippen molar-refractivity contribution in [2.24, 2.45) is 5.10 Å². The summed E-state index contributed by atoms with van der Waals surface area (Å²) < 4.78 is 10.1. The van der Waals surface area contributed by atoms with Gasteiger partial charge in [0.1, 0.15) is 5.75 Å². The molecule has 1 aromatic carbocycles. The lowest BCUT2D eigenvalue weighted by Gasteiger charge is -2.03. The average Bonchev–Trinajstić information content (AvgIpc) is 2.38. The van der Waals surface area contributed by atoms with Gasteiger partial charge in [-0.05, 0) is 43.2 Å². The van der Waals surface area contributed by atoms with Crippen LogP contribution in [0.15, 0.2) is 29.4 Å². The first-order valence-electron chi connectivity index (χ1n) is 5.95. The van der Waals surface area contributed by atoms with Gasteiger partial charge in [-0.3, -0.25) is 0 Å². The summed E-state index contributed by atoms with van der Waals surface area (Å²) in [6.07, 6.45) is 1.96. The summed E-state index contributed by atoms with van der Waals surface area (Å²) in [5.74, 6) is 0.826. The van der Waals surface area contributed by atoms with Crippen LogP contribution < -0.4 is 10.2 Å². The molecule has 18 heavy (non-hydrogen) atoms. The first-order valence-corrected chi connectivity index (χ1v) is 5.95.